The van der Waals surface area contributed by atoms with Crippen LogP contribution in [-0.4, -0.2) is 50.4 Å². The number of rotatable bonds is 13. The molecule has 0 aliphatic carbocycles. The van der Waals surface area contributed by atoms with Crippen molar-refractivity contribution < 1.29 is 22.7 Å². The Morgan fingerprint density at radius 2 is 1.60 bits per heavy atom. The number of benzene rings is 3. The highest BCUT2D eigenvalue weighted by Crippen LogP contribution is 2.27. The molecule has 0 heterocycles. The van der Waals surface area contributed by atoms with Gasteiger partial charge in [0.1, 0.15) is 18.3 Å². The fourth-order valence-electron chi connectivity index (χ4n) is 4.12. The molecule has 0 spiro atoms. The maximum Gasteiger partial charge on any atom is 0.264 e. The van der Waals surface area contributed by atoms with Gasteiger partial charge in [0.25, 0.3) is 10.0 Å². The Balaban J connectivity index is 2.04. The van der Waals surface area contributed by atoms with Crippen molar-refractivity contribution >= 4 is 50.7 Å². The zero-order valence-corrected chi connectivity index (χ0v) is 26.8. The first-order valence-corrected chi connectivity index (χ1v) is 15.9. The van der Waals surface area contributed by atoms with Gasteiger partial charge in [-0.15, -0.1) is 0 Å². The third kappa shape index (κ3) is 8.40. The smallest absolute Gasteiger partial charge is 0.264 e. The van der Waals surface area contributed by atoms with Crippen LogP contribution in [0, 0.1) is 6.92 Å². The molecule has 42 heavy (non-hydrogen) atoms. The largest absolute Gasteiger partial charge is 0.494 e. The summed E-state index contributed by atoms with van der Waals surface area (Å²) in [7, 11) is -4.20. The first kappa shape index (κ1) is 33.2. The molecule has 8 nitrogen and oxygen atoms in total. The van der Waals surface area contributed by atoms with Gasteiger partial charge in [0, 0.05) is 22.6 Å². The summed E-state index contributed by atoms with van der Waals surface area (Å²) in [6, 6.07) is 16.7. The predicted molar refractivity (Wildman–Crippen MR) is 168 cm³/mol. The lowest BCUT2D eigenvalue weighted by Crippen LogP contribution is -2.52. The molecular formula is C31H37Cl2N3O5S. The highest BCUT2D eigenvalue weighted by atomic mass is 35.5. The summed E-state index contributed by atoms with van der Waals surface area (Å²) in [4.78, 5) is 28.6. The van der Waals surface area contributed by atoms with E-state index in [4.69, 9.17) is 27.9 Å². The van der Waals surface area contributed by atoms with E-state index < -0.39 is 28.5 Å². The minimum Gasteiger partial charge on any atom is -0.494 e. The maximum atomic E-state index is 14.0. The Morgan fingerprint density at radius 1 is 0.952 bits per heavy atom. The third-order valence-electron chi connectivity index (χ3n) is 6.85. The molecule has 0 fully saturated rings. The molecule has 11 heteroatoms. The van der Waals surface area contributed by atoms with Crippen molar-refractivity contribution in [3.63, 3.8) is 0 Å². The van der Waals surface area contributed by atoms with Crippen molar-refractivity contribution in [1.29, 1.82) is 0 Å². The molecule has 0 aliphatic heterocycles. The third-order valence-corrected chi connectivity index (χ3v) is 9.22. The van der Waals surface area contributed by atoms with Crippen LogP contribution < -0.4 is 14.4 Å². The summed E-state index contributed by atoms with van der Waals surface area (Å²) in [6.07, 6.45) is 0.705. The van der Waals surface area contributed by atoms with Crippen molar-refractivity contribution in [3.05, 3.63) is 87.9 Å². The number of ether oxygens (including phenoxy) is 1. The summed E-state index contributed by atoms with van der Waals surface area (Å²) >= 11 is 12.5. The van der Waals surface area contributed by atoms with Gasteiger partial charge >= 0.3 is 0 Å². The normalized spacial score (nSPS) is 12.7. The van der Waals surface area contributed by atoms with E-state index in [2.05, 4.69) is 5.32 Å². The second-order valence-corrected chi connectivity index (χ2v) is 12.7. The number of carbonyl (C=O) groups excluding carboxylic acids is 2. The van der Waals surface area contributed by atoms with Gasteiger partial charge in [-0.25, -0.2) is 8.42 Å². The summed E-state index contributed by atoms with van der Waals surface area (Å²) < 4.78 is 34.5. The molecule has 3 rings (SSSR count). The van der Waals surface area contributed by atoms with Crippen molar-refractivity contribution in [2.45, 2.75) is 64.6 Å². The summed E-state index contributed by atoms with van der Waals surface area (Å²) in [6.45, 7) is 8.99. The molecule has 0 radical (unpaired) electrons. The molecule has 2 atom stereocenters. The molecule has 2 unspecified atom stereocenters. The average molecular weight is 635 g/mol. The molecule has 0 saturated carbocycles. The number of sulfonamides is 1. The van der Waals surface area contributed by atoms with Crippen LogP contribution >= 0.6 is 23.2 Å². The topological polar surface area (TPSA) is 96.0 Å². The number of carbonyl (C=O) groups is 2. The van der Waals surface area contributed by atoms with Gasteiger partial charge in [0.2, 0.25) is 11.8 Å². The molecular weight excluding hydrogens is 597 g/mol. The number of hydrogen-bond donors (Lipinski definition) is 1. The second-order valence-electron chi connectivity index (χ2n) is 10.0. The van der Waals surface area contributed by atoms with Gasteiger partial charge in [-0.2, -0.15) is 0 Å². The molecule has 1 N–H and O–H groups in total. The lowest BCUT2D eigenvalue weighted by atomic mass is 10.1. The van der Waals surface area contributed by atoms with Crippen LogP contribution in [0.3, 0.4) is 0 Å². The number of aryl methyl sites for hydroxylation is 1. The minimum absolute atomic E-state index is 0.00538. The monoisotopic (exact) mass is 633 g/mol. The number of nitrogens with one attached hydrogen (secondary N) is 1. The van der Waals surface area contributed by atoms with E-state index in [0.29, 0.717) is 40.1 Å². The Morgan fingerprint density at radius 3 is 2.17 bits per heavy atom. The minimum atomic E-state index is -4.20. The summed E-state index contributed by atoms with van der Waals surface area (Å²) in [5.41, 5.74) is 1.80. The van der Waals surface area contributed by atoms with Crippen LogP contribution in [0.4, 0.5) is 5.69 Å². The van der Waals surface area contributed by atoms with Crippen LogP contribution in [0.1, 0.15) is 45.2 Å². The van der Waals surface area contributed by atoms with Gasteiger partial charge in [0.05, 0.1) is 17.2 Å². The van der Waals surface area contributed by atoms with Gasteiger partial charge < -0.3 is 15.0 Å². The van der Waals surface area contributed by atoms with E-state index in [0.717, 1.165) is 9.87 Å². The van der Waals surface area contributed by atoms with E-state index in [1.807, 2.05) is 27.7 Å². The van der Waals surface area contributed by atoms with Crippen LogP contribution in [-0.2, 0) is 26.2 Å². The molecule has 0 saturated heterocycles. The van der Waals surface area contributed by atoms with Gasteiger partial charge in [0.15, 0.2) is 0 Å². The number of anilines is 1. The zero-order valence-electron chi connectivity index (χ0n) is 24.4. The lowest BCUT2D eigenvalue weighted by Gasteiger charge is -2.32. The van der Waals surface area contributed by atoms with E-state index in [1.165, 1.54) is 17.0 Å². The van der Waals surface area contributed by atoms with Crippen molar-refractivity contribution in [2.24, 2.45) is 0 Å². The van der Waals surface area contributed by atoms with Crippen LogP contribution in [0.25, 0.3) is 0 Å². The van der Waals surface area contributed by atoms with Crippen molar-refractivity contribution in [1.82, 2.24) is 10.2 Å². The Kier molecular flexibility index (Phi) is 11.7. The predicted octanol–water partition coefficient (Wildman–Crippen LogP) is 6.23. The second kappa shape index (κ2) is 14.8. The van der Waals surface area contributed by atoms with E-state index in [9.17, 15) is 18.0 Å². The molecule has 0 aliphatic rings. The van der Waals surface area contributed by atoms with E-state index >= 15 is 0 Å². The fourth-order valence-corrected chi connectivity index (χ4v) is 6.01. The lowest BCUT2D eigenvalue weighted by molar-refractivity contribution is -0.139. The number of amides is 2. The Hall–Kier alpha value is -3.27. The zero-order chi connectivity index (χ0) is 31.0. The number of hydrogen-bond acceptors (Lipinski definition) is 5. The highest BCUT2D eigenvalue weighted by molar-refractivity contribution is 7.92. The fraction of sp³-hybridized carbons (Fsp3) is 0.355. The van der Waals surface area contributed by atoms with Crippen LogP contribution in [0.5, 0.6) is 5.75 Å². The van der Waals surface area contributed by atoms with E-state index in [-0.39, 0.29) is 23.4 Å². The number of nitrogens with zero attached hydrogens (tertiary/aromatic N) is 2. The number of halogens is 2. The first-order valence-electron chi connectivity index (χ1n) is 13.7. The molecule has 0 bridgehead atoms. The van der Waals surface area contributed by atoms with Crippen molar-refractivity contribution in [2.75, 3.05) is 17.5 Å². The van der Waals surface area contributed by atoms with Crippen molar-refractivity contribution in [3.8, 4) is 5.75 Å². The maximum absolute atomic E-state index is 14.0. The average Bonchev–Trinajstić information content (AvgIpc) is 2.96. The molecule has 3 aromatic rings. The first-order chi connectivity index (χ1) is 19.9. The molecule has 2 amide bonds. The van der Waals surface area contributed by atoms with Crippen LogP contribution in [0.15, 0.2) is 71.6 Å². The molecule has 226 valence electrons. The summed E-state index contributed by atoms with van der Waals surface area (Å²) in [5.74, 6) is -0.413. The Labute approximate surface area is 258 Å². The van der Waals surface area contributed by atoms with Gasteiger partial charge in [-0.1, -0.05) is 53.9 Å². The quantitative estimate of drug-likeness (QED) is 0.241. The molecule has 3 aromatic carbocycles. The van der Waals surface area contributed by atoms with Crippen LogP contribution in [0.2, 0.25) is 10.0 Å². The van der Waals surface area contributed by atoms with Gasteiger partial charge in [-0.05, 0) is 88.2 Å². The standard InChI is InChI=1S/C31H37Cl2N3O5S/c1-6-22(4)34-31(38)23(5)35(19-24-10-11-25(32)18-29(24)33)30(37)20-36(26-12-8-21(3)9-13-26)42(39,40)28-16-14-27(15-17-28)41-7-2/h8-18,22-23H,6-7,19-20H2,1-5H3,(H,34,38). The SMILES string of the molecule is CCOc1ccc(S(=O)(=O)N(CC(=O)N(Cc2ccc(Cl)cc2Cl)C(C)C(=O)NC(C)CC)c2ccc(C)cc2)cc1. The summed E-state index contributed by atoms with van der Waals surface area (Å²) in [5, 5.41) is 3.66. The van der Waals surface area contributed by atoms with Gasteiger partial charge in [-0.3, -0.25) is 13.9 Å². The highest BCUT2D eigenvalue weighted by Gasteiger charge is 2.33. The Bertz CT molecular complexity index is 1480. The molecule has 0 aromatic heterocycles. The van der Waals surface area contributed by atoms with E-state index in [1.54, 1.807) is 61.5 Å².